The van der Waals surface area contributed by atoms with E-state index in [-0.39, 0.29) is 24.8 Å². The second-order valence-electron chi connectivity index (χ2n) is 5.80. The fraction of sp³-hybridized carbons (Fsp3) is 0.278. The summed E-state index contributed by atoms with van der Waals surface area (Å²) in [6.07, 6.45) is 6.44. The quantitative estimate of drug-likeness (QED) is 0.649. The standard InChI is InChI=1S/C18H19N5S.2ClH/c1-2-9-23(11-13-5-3-4-7-20-13)17-16-14-6-8-19-10-15(14)24-18(16)22-12-21-17;;/h2-5,7,12,19H,1,6,8-11H2;2*1H. The number of thiophene rings is 1. The molecule has 26 heavy (non-hydrogen) atoms. The molecule has 138 valence electrons. The van der Waals surface area contributed by atoms with Gasteiger partial charge in [-0.05, 0) is 30.7 Å². The van der Waals surface area contributed by atoms with E-state index in [1.54, 1.807) is 17.7 Å². The Morgan fingerprint density at radius 3 is 2.88 bits per heavy atom. The number of pyridine rings is 1. The third kappa shape index (κ3) is 3.99. The van der Waals surface area contributed by atoms with Gasteiger partial charge in [-0.15, -0.1) is 42.7 Å². The number of halogens is 2. The van der Waals surface area contributed by atoms with Crippen molar-refractivity contribution in [1.29, 1.82) is 0 Å². The van der Waals surface area contributed by atoms with Crippen molar-refractivity contribution in [3.8, 4) is 0 Å². The molecule has 3 aromatic rings. The first-order valence-corrected chi connectivity index (χ1v) is 8.90. The number of hydrogen-bond acceptors (Lipinski definition) is 6. The molecule has 1 N–H and O–H groups in total. The molecule has 0 saturated heterocycles. The van der Waals surface area contributed by atoms with Crippen molar-refractivity contribution < 1.29 is 0 Å². The highest BCUT2D eigenvalue weighted by Crippen LogP contribution is 2.37. The van der Waals surface area contributed by atoms with Crippen LogP contribution in [0.25, 0.3) is 10.2 Å². The molecule has 1 aliphatic heterocycles. The molecule has 4 rings (SSSR count). The lowest BCUT2D eigenvalue weighted by Gasteiger charge is -2.23. The summed E-state index contributed by atoms with van der Waals surface area (Å²) < 4.78 is 0. The number of fused-ring (bicyclic) bond motifs is 3. The van der Waals surface area contributed by atoms with Gasteiger partial charge in [0.25, 0.3) is 0 Å². The van der Waals surface area contributed by atoms with Crippen LogP contribution in [0.5, 0.6) is 0 Å². The van der Waals surface area contributed by atoms with Gasteiger partial charge in [0.1, 0.15) is 17.0 Å². The van der Waals surface area contributed by atoms with Gasteiger partial charge in [0.2, 0.25) is 0 Å². The van der Waals surface area contributed by atoms with Crippen LogP contribution < -0.4 is 10.2 Å². The van der Waals surface area contributed by atoms with E-state index in [4.69, 9.17) is 0 Å². The summed E-state index contributed by atoms with van der Waals surface area (Å²) in [5.74, 6) is 0.991. The molecule has 3 aromatic heterocycles. The predicted molar refractivity (Wildman–Crippen MR) is 113 cm³/mol. The fourth-order valence-corrected chi connectivity index (χ4v) is 4.30. The van der Waals surface area contributed by atoms with E-state index in [0.29, 0.717) is 6.54 Å². The molecule has 8 heteroatoms. The Morgan fingerprint density at radius 2 is 2.12 bits per heavy atom. The van der Waals surface area contributed by atoms with E-state index in [1.165, 1.54) is 15.8 Å². The van der Waals surface area contributed by atoms with Crippen LogP contribution in [-0.4, -0.2) is 28.0 Å². The molecular weight excluding hydrogens is 389 g/mol. The van der Waals surface area contributed by atoms with Gasteiger partial charge in [0.05, 0.1) is 17.6 Å². The summed E-state index contributed by atoms with van der Waals surface area (Å²) in [7, 11) is 0. The third-order valence-corrected chi connectivity index (χ3v) is 5.36. The van der Waals surface area contributed by atoms with Crippen LogP contribution >= 0.6 is 36.2 Å². The monoisotopic (exact) mass is 409 g/mol. The second-order valence-corrected chi connectivity index (χ2v) is 6.88. The van der Waals surface area contributed by atoms with E-state index >= 15 is 0 Å². The molecular formula is C18H21Cl2N5S. The Bertz CT molecular complexity index is 869. The summed E-state index contributed by atoms with van der Waals surface area (Å²) in [5, 5.41) is 4.64. The van der Waals surface area contributed by atoms with Gasteiger partial charge >= 0.3 is 0 Å². The molecule has 0 aliphatic carbocycles. The summed E-state index contributed by atoms with van der Waals surface area (Å²) in [5.41, 5.74) is 2.43. The van der Waals surface area contributed by atoms with Gasteiger partial charge in [0.15, 0.2) is 0 Å². The van der Waals surface area contributed by atoms with Crippen molar-refractivity contribution in [2.75, 3.05) is 18.0 Å². The average molecular weight is 410 g/mol. The van der Waals surface area contributed by atoms with E-state index in [1.807, 2.05) is 30.5 Å². The number of rotatable bonds is 5. The maximum absolute atomic E-state index is 4.63. The van der Waals surface area contributed by atoms with Gasteiger partial charge in [0, 0.05) is 24.2 Å². The zero-order valence-electron chi connectivity index (χ0n) is 14.2. The van der Waals surface area contributed by atoms with Gasteiger partial charge in [-0.3, -0.25) is 4.98 Å². The molecule has 0 fully saturated rings. The van der Waals surface area contributed by atoms with E-state index in [0.717, 1.165) is 42.4 Å². The van der Waals surface area contributed by atoms with Crippen LogP contribution in [0.15, 0.2) is 43.4 Å². The smallest absolute Gasteiger partial charge is 0.141 e. The van der Waals surface area contributed by atoms with Crippen molar-refractivity contribution in [3.63, 3.8) is 0 Å². The first-order valence-electron chi connectivity index (χ1n) is 8.08. The van der Waals surface area contributed by atoms with E-state index in [9.17, 15) is 0 Å². The van der Waals surface area contributed by atoms with Crippen molar-refractivity contribution >= 4 is 52.2 Å². The van der Waals surface area contributed by atoms with Crippen molar-refractivity contribution in [1.82, 2.24) is 20.3 Å². The zero-order valence-corrected chi connectivity index (χ0v) is 16.7. The maximum atomic E-state index is 4.63. The van der Waals surface area contributed by atoms with Crippen LogP contribution in [0.2, 0.25) is 0 Å². The minimum atomic E-state index is 0. The molecule has 0 spiro atoms. The Kier molecular flexibility index (Phi) is 7.34. The Hall–Kier alpha value is -1.73. The van der Waals surface area contributed by atoms with Crippen LogP contribution in [0, 0.1) is 0 Å². The molecule has 5 nitrogen and oxygen atoms in total. The van der Waals surface area contributed by atoms with Crippen molar-refractivity contribution in [2.45, 2.75) is 19.5 Å². The maximum Gasteiger partial charge on any atom is 0.141 e. The first-order chi connectivity index (χ1) is 11.9. The number of aromatic nitrogens is 3. The van der Waals surface area contributed by atoms with Crippen LogP contribution in [-0.2, 0) is 19.5 Å². The van der Waals surface area contributed by atoms with Gasteiger partial charge < -0.3 is 10.2 Å². The highest BCUT2D eigenvalue weighted by molar-refractivity contribution is 7.19. The molecule has 0 amide bonds. The molecule has 0 radical (unpaired) electrons. The largest absolute Gasteiger partial charge is 0.346 e. The third-order valence-electron chi connectivity index (χ3n) is 4.22. The lowest BCUT2D eigenvalue weighted by molar-refractivity contribution is 0.657. The van der Waals surface area contributed by atoms with Crippen LogP contribution in [0.1, 0.15) is 16.1 Å². The normalized spacial score (nSPS) is 12.6. The molecule has 1 aliphatic rings. The summed E-state index contributed by atoms with van der Waals surface area (Å²) in [6, 6.07) is 6.00. The topological polar surface area (TPSA) is 53.9 Å². The van der Waals surface area contributed by atoms with Crippen LogP contribution in [0.3, 0.4) is 0 Å². The van der Waals surface area contributed by atoms with Gasteiger partial charge in [-0.2, -0.15) is 0 Å². The second kappa shape index (κ2) is 9.28. The highest BCUT2D eigenvalue weighted by atomic mass is 35.5. The molecule has 0 aromatic carbocycles. The lowest BCUT2D eigenvalue weighted by Crippen LogP contribution is -2.25. The zero-order chi connectivity index (χ0) is 16.4. The molecule has 0 unspecified atom stereocenters. The van der Waals surface area contributed by atoms with Crippen molar-refractivity contribution in [2.24, 2.45) is 0 Å². The molecule has 0 bridgehead atoms. The van der Waals surface area contributed by atoms with Gasteiger partial charge in [-0.1, -0.05) is 12.1 Å². The fourth-order valence-electron chi connectivity index (χ4n) is 3.15. The number of nitrogens with one attached hydrogen (secondary N) is 1. The SMILES string of the molecule is C=CCN(Cc1ccccn1)c1ncnc2sc3c(c12)CCNC3.Cl.Cl. The molecule has 4 heterocycles. The summed E-state index contributed by atoms with van der Waals surface area (Å²) >= 11 is 1.77. The minimum absolute atomic E-state index is 0. The van der Waals surface area contributed by atoms with Crippen LogP contribution in [0.4, 0.5) is 5.82 Å². The van der Waals surface area contributed by atoms with E-state index < -0.39 is 0 Å². The van der Waals surface area contributed by atoms with Crippen molar-refractivity contribution in [3.05, 3.63) is 59.5 Å². The minimum Gasteiger partial charge on any atom is -0.346 e. The molecule has 0 saturated carbocycles. The lowest BCUT2D eigenvalue weighted by atomic mass is 10.1. The summed E-state index contributed by atoms with van der Waals surface area (Å²) in [4.78, 5) is 18.3. The average Bonchev–Trinajstić information content (AvgIpc) is 3.01. The Morgan fingerprint density at radius 1 is 1.23 bits per heavy atom. The van der Waals surface area contributed by atoms with E-state index in [2.05, 4.69) is 31.7 Å². The number of nitrogens with zero attached hydrogens (tertiary/aromatic N) is 4. The highest BCUT2D eigenvalue weighted by Gasteiger charge is 2.22. The first kappa shape index (κ1) is 20.6. The number of hydrogen-bond donors (Lipinski definition) is 1. The number of anilines is 1. The summed E-state index contributed by atoms with van der Waals surface area (Å²) in [6.45, 7) is 7.28. The Balaban J connectivity index is 0.00000121. The Labute approximate surface area is 169 Å². The van der Waals surface area contributed by atoms with Gasteiger partial charge in [-0.25, -0.2) is 9.97 Å². The predicted octanol–water partition coefficient (Wildman–Crippen LogP) is 3.77. The molecule has 0 atom stereocenters.